The molecule has 1 aromatic carbocycles. The van der Waals surface area contributed by atoms with Crippen molar-refractivity contribution in [2.24, 2.45) is 0 Å². The topological polar surface area (TPSA) is 51.5 Å². The monoisotopic (exact) mass is 347 g/mol. The number of hydrogen-bond donors (Lipinski definition) is 1. The molecule has 1 aromatic heterocycles. The Morgan fingerprint density at radius 2 is 1.67 bits per heavy atom. The molecule has 0 aliphatic heterocycles. The van der Waals surface area contributed by atoms with E-state index in [4.69, 9.17) is 4.43 Å². The second-order valence-electron chi connectivity index (χ2n) is 8.98. The third kappa shape index (κ3) is 3.36. The van der Waals surface area contributed by atoms with Gasteiger partial charge in [-0.05, 0) is 42.4 Å². The zero-order valence-electron chi connectivity index (χ0n) is 16.0. The summed E-state index contributed by atoms with van der Waals surface area (Å²) < 4.78 is 7.73. The number of nitrogens with zero attached hydrogens (tertiary/aromatic N) is 1. The first-order valence-corrected chi connectivity index (χ1v) is 11.2. The summed E-state index contributed by atoms with van der Waals surface area (Å²) in [5, 5.41) is 10.6. The lowest BCUT2D eigenvalue weighted by Gasteiger charge is -2.36. The molecule has 2 rings (SSSR count). The largest absolute Gasteiger partial charge is 0.543 e. The molecule has 0 saturated carbocycles. The second kappa shape index (κ2) is 5.65. The van der Waals surface area contributed by atoms with Gasteiger partial charge in [0.05, 0.1) is 5.52 Å². The van der Waals surface area contributed by atoms with Crippen LogP contribution in [-0.4, -0.2) is 24.1 Å². The van der Waals surface area contributed by atoms with Crippen LogP contribution in [0.5, 0.6) is 5.75 Å². The first-order chi connectivity index (χ1) is 10.7. The normalized spacial score (nSPS) is 13.3. The van der Waals surface area contributed by atoms with Crippen LogP contribution in [0.25, 0.3) is 10.9 Å². The summed E-state index contributed by atoms with van der Waals surface area (Å²) in [7, 11) is -1.92. The van der Waals surface area contributed by atoms with E-state index in [0.717, 1.165) is 16.8 Å². The van der Waals surface area contributed by atoms with Gasteiger partial charge in [0, 0.05) is 16.5 Å². The quantitative estimate of drug-likeness (QED) is 0.693. The Labute approximate surface area is 145 Å². The Morgan fingerprint density at radius 1 is 1.08 bits per heavy atom. The summed E-state index contributed by atoms with van der Waals surface area (Å²) >= 11 is 0. The van der Waals surface area contributed by atoms with Gasteiger partial charge in [-0.15, -0.1) is 0 Å². The summed E-state index contributed by atoms with van der Waals surface area (Å²) in [6.07, 6.45) is -0.951. The first kappa shape index (κ1) is 18.6. The Morgan fingerprint density at radius 3 is 2.12 bits per heavy atom. The van der Waals surface area contributed by atoms with Crippen molar-refractivity contribution in [1.82, 2.24) is 4.57 Å². The van der Waals surface area contributed by atoms with E-state index in [2.05, 4.69) is 33.9 Å². The summed E-state index contributed by atoms with van der Waals surface area (Å²) in [4.78, 5) is 11.7. The molecule has 0 spiro atoms. The molecule has 0 atom stereocenters. The van der Waals surface area contributed by atoms with Gasteiger partial charge < -0.3 is 9.53 Å². The Hall–Kier alpha value is -1.75. The van der Waals surface area contributed by atoms with Crippen molar-refractivity contribution in [3.05, 3.63) is 30.0 Å². The summed E-state index contributed by atoms with van der Waals surface area (Å²) in [5.74, 6) is 0.817. The van der Waals surface area contributed by atoms with Crippen molar-refractivity contribution in [1.29, 1.82) is 0 Å². The third-order valence-electron chi connectivity index (χ3n) is 4.91. The Balaban J connectivity index is 2.55. The lowest BCUT2D eigenvalue weighted by atomic mass is 9.92. The summed E-state index contributed by atoms with van der Waals surface area (Å²) in [6, 6.07) is 7.66. The van der Waals surface area contributed by atoms with Crippen LogP contribution in [0.4, 0.5) is 4.79 Å². The minimum absolute atomic E-state index is 0.117. The minimum Gasteiger partial charge on any atom is -0.543 e. The molecule has 0 amide bonds. The lowest BCUT2D eigenvalue weighted by Crippen LogP contribution is -2.43. The van der Waals surface area contributed by atoms with E-state index < -0.39 is 14.4 Å². The van der Waals surface area contributed by atoms with Crippen LogP contribution in [0.2, 0.25) is 18.1 Å². The molecule has 132 valence electrons. The highest BCUT2D eigenvalue weighted by atomic mass is 28.4. The summed E-state index contributed by atoms with van der Waals surface area (Å²) in [6.45, 7) is 17.1. The van der Waals surface area contributed by atoms with Gasteiger partial charge in [-0.3, -0.25) is 0 Å². The minimum atomic E-state index is -1.92. The number of aromatic nitrogens is 1. The maximum absolute atomic E-state index is 11.7. The molecule has 0 aliphatic carbocycles. The average Bonchev–Trinajstić information content (AvgIpc) is 2.75. The first-order valence-electron chi connectivity index (χ1n) is 8.32. The molecular weight excluding hydrogens is 318 g/mol. The SMILES string of the molecule is CC(C)(C)c1cc2cc(O[Si](C)(C)C(C)(C)C)ccc2n1C(=O)O. The second-order valence-corrected chi connectivity index (χ2v) is 13.7. The molecular formula is C19H29NO3Si. The van der Waals surface area contributed by atoms with Gasteiger partial charge in [-0.25, -0.2) is 9.36 Å². The molecule has 0 radical (unpaired) electrons. The van der Waals surface area contributed by atoms with E-state index in [9.17, 15) is 9.90 Å². The molecule has 0 fully saturated rings. The van der Waals surface area contributed by atoms with Crippen molar-refractivity contribution in [2.45, 2.75) is 65.1 Å². The molecule has 2 aromatic rings. The maximum atomic E-state index is 11.7. The standard InChI is InChI=1S/C19H29NO3Si/c1-18(2,3)16-12-13-11-14(23-24(7,8)19(4,5)6)9-10-15(13)20(16)17(21)22/h9-12H,1-8H3,(H,21,22). The van der Waals surface area contributed by atoms with E-state index in [1.54, 1.807) is 0 Å². The molecule has 24 heavy (non-hydrogen) atoms. The van der Waals surface area contributed by atoms with Gasteiger partial charge in [0.25, 0.3) is 0 Å². The van der Waals surface area contributed by atoms with Crippen LogP contribution in [-0.2, 0) is 5.41 Å². The highest BCUT2D eigenvalue weighted by Crippen LogP contribution is 2.38. The van der Waals surface area contributed by atoms with Crippen LogP contribution < -0.4 is 4.43 Å². The average molecular weight is 348 g/mol. The van der Waals surface area contributed by atoms with Gasteiger partial charge in [0.2, 0.25) is 8.32 Å². The van der Waals surface area contributed by atoms with Gasteiger partial charge >= 0.3 is 6.09 Å². The predicted molar refractivity (Wildman–Crippen MR) is 102 cm³/mol. The summed E-state index contributed by atoms with van der Waals surface area (Å²) in [5.41, 5.74) is 1.24. The highest BCUT2D eigenvalue weighted by molar-refractivity contribution is 6.74. The zero-order chi connectivity index (χ0) is 18.5. The van der Waals surface area contributed by atoms with Crippen molar-refractivity contribution >= 4 is 25.3 Å². The molecule has 5 heteroatoms. The number of rotatable bonds is 2. The molecule has 0 saturated heterocycles. The van der Waals surface area contributed by atoms with Crippen LogP contribution >= 0.6 is 0 Å². The van der Waals surface area contributed by atoms with E-state index >= 15 is 0 Å². The van der Waals surface area contributed by atoms with Crippen LogP contribution in [0.3, 0.4) is 0 Å². The molecule has 1 N–H and O–H groups in total. The zero-order valence-corrected chi connectivity index (χ0v) is 17.0. The smallest absolute Gasteiger partial charge is 0.416 e. The molecule has 0 bridgehead atoms. The van der Waals surface area contributed by atoms with E-state index in [-0.39, 0.29) is 10.5 Å². The van der Waals surface area contributed by atoms with Gasteiger partial charge in [0.1, 0.15) is 5.75 Å². The fourth-order valence-corrected chi connectivity index (χ4v) is 3.49. The molecule has 0 aliphatic rings. The van der Waals surface area contributed by atoms with Crippen molar-refractivity contribution in [2.75, 3.05) is 0 Å². The van der Waals surface area contributed by atoms with Crippen molar-refractivity contribution in [3.8, 4) is 5.75 Å². The molecule has 4 nitrogen and oxygen atoms in total. The van der Waals surface area contributed by atoms with Gasteiger partial charge in [-0.1, -0.05) is 41.5 Å². The molecule has 0 unspecified atom stereocenters. The van der Waals surface area contributed by atoms with Crippen LogP contribution in [0, 0.1) is 0 Å². The van der Waals surface area contributed by atoms with E-state index in [0.29, 0.717) is 5.52 Å². The third-order valence-corrected chi connectivity index (χ3v) is 9.27. The fourth-order valence-electron chi connectivity index (χ4n) is 2.46. The number of fused-ring (bicyclic) bond motifs is 1. The van der Waals surface area contributed by atoms with Gasteiger partial charge in [0.15, 0.2) is 0 Å². The Bertz CT molecular complexity index is 776. The highest BCUT2D eigenvalue weighted by Gasteiger charge is 2.39. The number of benzene rings is 1. The van der Waals surface area contributed by atoms with Crippen LogP contribution in [0.1, 0.15) is 47.2 Å². The van der Waals surface area contributed by atoms with Gasteiger partial charge in [-0.2, -0.15) is 0 Å². The van der Waals surface area contributed by atoms with E-state index in [1.165, 1.54) is 4.57 Å². The fraction of sp³-hybridized carbons (Fsp3) is 0.526. The predicted octanol–water partition coefficient (Wildman–Crippen LogP) is 5.85. The molecule has 1 heterocycles. The van der Waals surface area contributed by atoms with Crippen molar-refractivity contribution in [3.63, 3.8) is 0 Å². The number of hydrogen-bond acceptors (Lipinski definition) is 2. The maximum Gasteiger partial charge on any atom is 0.416 e. The van der Waals surface area contributed by atoms with Crippen LogP contribution in [0.15, 0.2) is 24.3 Å². The Kier molecular flexibility index (Phi) is 4.38. The number of carboxylic acid groups (broad SMARTS) is 1. The lowest BCUT2D eigenvalue weighted by molar-refractivity contribution is 0.195. The van der Waals surface area contributed by atoms with E-state index in [1.807, 2.05) is 45.0 Å². The number of carbonyl (C=O) groups is 1. The van der Waals surface area contributed by atoms with Crippen molar-refractivity contribution < 1.29 is 14.3 Å².